The second-order valence-electron chi connectivity index (χ2n) is 5.04. The normalized spacial score (nSPS) is 38.0. The van der Waals surface area contributed by atoms with E-state index in [0.717, 1.165) is 6.42 Å². The largest absolute Gasteiger partial charge is 0.370 e. The van der Waals surface area contributed by atoms with Gasteiger partial charge >= 0.3 is 0 Å². The summed E-state index contributed by atoms with van der Waals surface area (Å²) < 4.78 is 0. The molecule has 2 aliphatic carbocycles. The first-order valence-corrected chi connectivity index (χ1v) is 5.91. The standard InChI is InChI=1S/C12H14N2O3/c13-8(15)3-4-14-11(16)9-6-1-2-7(5-6)10(9)12(14)17/h1-2,6-7,9-10H,3-5H2,(H2,13,15)/t6-,7+,9-,10-/m0/s1. The summed E-state index contributed by atoms with van der Waals surface area (Å²) in [5.74, 6) is -0.615. The Balaban J connectivity index is 1.80. The summed E-state index contributed by atoms with van der Waals surface area (Å²) in [6, 6.07) is 0. The number of carbonyl (C=O) groups excluding carboxylic acids is 3. The number of allylic oxidation sites excluding steroid dienone is 2. The van der Waals surface area contributed by atoms with Gasteiger partial charge in [0.25, 0.3) is 0 Å². The van der Waals surface area contributed by atoms with Gasteiger partial charge in [-0.1, -0.05) is 12.2 Å². The molecule has 4 atom stereocenters. The maximum atomic E-state index is 12.1. The van der Waals surface area contributed by atoms with E-state index in [1.54, 1.807) is 0 Å². The molecule has 3 aliphatic rings. The first-order chi connectivity index (χ1) is 8.09. The number of hydrogen-bond acceptors (Lipinski definition) is 3. The molecule has 90 valence electrons. The Hall–Kier alpha value is -1.65. The van der Waals surface area contributed by atoms with Crippen LogP contribution in [0.2, 0.25) is 0 Å². The number of fused-ring (bicyclic) bond motifs is 5. The maximum Gasteiger partial charge on any atom is 0.233 e. The number of imide groups is 1. The molecule has 1 heterocycles. The molecule has 0 aromatic rings. The van der Waals surface area contributed by atoms with Crippen LogP contribution in [0.3, 0.4) is 0 Å². The highest BCUT2D eigenvalue weighted by molar-refractivity contribution is 6.06. The minimum atomic E-state index is -0.483. The SMILES string of the molecule is NC(=O)CCN1C(=O)[C@@H]2[C@@H](C1=O)[C@H]1C=C[C@@H]2C1. The lowest BCUT2D eigenvalue weighted by molar-refractivity contribution is -0.140. The molecule has 0 aromatic heterocycles. The van der Waals surface area contributed by atoms with Crippen LogP contribution in [0.25, 0.3) is 0 Å². The number of amides is 3. The highest BCUT2D eigenvalue weighted by Crippen LogP contribution is 2.52. The van der Waals surface area contributed by atoms with Crippen LogP contribution in [0.4, 0.5) is 0 Å². The predicted octanol–water partition coefficient (Wildman–Crippen LogP) is -0.331. The molecule has 3 amide bonds. The number of hydrogen-bond donors (Lipinski definition) is 1. The van der Waals surface area contributed by atoms with Gasteiger partial charge in [-0.05, 0) is 18.3 Å². The van der Waals surface area contributed by atoms with Crippen LogP contribution in [-0.2, 0) is 14.4 Å². The molecule has 1 saturated carbocycles. The molecule has 0 aromatic carbocycles. The summed E-state index contributed by atoms with van der Waals surface area (Å²) in [4.78, 5) is 36.2. The fraction of sp³-hybridized carbons (Fsp3) is 0.583. The van der Waals surface area contributed by atoms with Crippen LogP contribution in [0.1, 0.15) is 12.8 Å². The lowest BCUT2D eigenvalue weighted by Crippen LogP contribution is -2.35. The fourth-order valence-electron chi connectivity index (χ4n) is 3.41. The summed E-state index contributed by atoms with van der Waals surface area (Å²) in [6.45, 7) is 0.138. The minimum absolute atomic E-state index is 0.0552. The third kappa shape index (κ3) is 1.34. The lowest BCUT2D eigenvalue weighted by atomic mass is 9.85. The Morgan fingerprint density at radius 2 is 1.76 bits per heavy atom. The molecule has 1 saturated heterocycles. The van der Waals surface area contributed by atoms with Gasteiger partial charge in [-0.15, -0.1) is 0 Å². The molecule has 17 heavy (non-hydrogen) atoms. The average molecular weight is 234 g/mol. The van der Waals surface area contributed by atoms with Crippen molar-refractivity contribution in [1.29, 1.82) is 0 Å². The van der Waals surface area contributed by atoms with Crippen molar-refractivity contribution >= 4 is 17.7 Å². The van der Waals surface area contributed by atoms with Crippen LogP contribution in [-0.4, -0.2) is 29.2 Å². The van der Waals surface area contributed by atoms with Crippen LogP contribution in [0, 0.1) is 23.7 Å². The monoisotopic (exact) mass is 234 g/mol. The quantitative estimate of drug-likeness (QED) is 0.536. The van der Waals surface area contributed by atoms with E-state index in [4.69, 9.17) is 5.73 Å². The van der Waals surface area contributed by atoms with Gasteiger partial charge in [0, 0.05) is 13.0 Å². The van der Waals surface area contributed by atoms with Gasteiger partial charge in [0.1, 0.15) is 0 Å². The van der Waals surface area contributed by atoms with Crippen molar-refractivity contribution in [2.75, 3.05) is 6.54 Å². The molecule has 2 N–H and O–H groups in total. The number of nitrogens with zero attached hydrogens (tertiary/aromatic N) is 1. The van der Waals surface area contributed by atoms with E-state index in [1.807, 2.05) is 0 Å². The van der Waals surface area contributed by atoms with Crippen molar-refractivity contribution in [1.82, 2.24) is 4.90 Å². The maximum absolute atomic E-state index is 12.1. The third-order valence-electron chi connectivity index (χ3n) is 4.14. The van der Waals surface area contributed by atoms with Crippen molar-refractivity contribution < 1.29 is 14.4 Å². The predicted molar refractivity (Wildman–Crippen MR) is 58.2 cm³/mol. The zero-order valence-corrected chi connectivity index (χ0v) is 9.33. The molecule has 3 rings (SSSR count). The van der Waals surface area contributed by atoms with Gasteiger partial charge in [0.2, 0.25) is 17.7 Å². The molecule has 0 spiro atoms. The van der Waals surface area contributed by atoms with Gasteiger partial charge in [0.05, 0.1) is 11.8 Å². The Kier molecular flexibility index (Phi) is 2.11. The number of nitrogens with two attached hydrogens (primary N) is 1. The Morgan fingerprint density at radius 3 is 2.24 bits per heavy atom. The number of likely N-dealkylation sites (tertiary alicyclic amines) is 1. The summed E-state index contributed by atoms with van der Waals surface area (Å²) in [5, 5.41) is 0. The molecule has 1 aliphatic heterocycles. The Morgan fingerprint density at radius 1 is 1.24 bits per heavy atom. The highest BCUT2D eigenvalue weighted by Gasteiger charge is 2.58. The molecule has 2 bridgehead atoms. The van der Waals surface area contributed by atoms with Gasteiger partial charge in [0.15, 0.2) is 0 Å². The molecule has 2 fully saturated rings. The van der Waals surface area contributed by atoms with Gasteiger partial charge < -0.3 is 5.73 Å². The average Bonchev–Trinajstić information content (AvgIpc) is 2.92. The van der Waals surface area contributed by atoms with Crippen molar-refractivity contribution in [2.24, 2.45) is 29.4 Å². The van der Waals surface area contributed by atoms with E-state index in [9.17, 15) is 14.4 Å². The van der Waals surface area contributed by atoms with Crippen LogP contribution in [0.15, 0.2) is 12.2 Å². The topological polar surface area (TPSA) is 80.5 Å². The van der Waals surface area contributed by atoms with Gasteiger partial charge in [-0.3, -0.25) is 19.3 Å². The number of primary amides is 1. The second-order valence-corrected chi connectivity index (χ2v) is 5.04. The zero-order valence-electron chi connectivity index (χ0n) is 9.33. The first kappa shape index (κ1) is 10.5. The summed E-state index contributed by atoms with van der Waals surface area (Å²) >= 11 is 0. The van der Waals surface area contributed by atoms with E-state index in [2.05, 4.69) is 12.2 Å². The summed E-state index contributed by atoms with van der Waals surface area (Å²) in [7, 11) is 0. The van der Waals surface area contributed by atoms with E-state index in [0.29, 0.717) is 0 Å². The summed E-state index contributed by atoms with van der Waals surface area (Å²) in [5.41, 5.74) is 5.04. The molecular formula is C12H14N2O3. The Bertz CT molecular complexity index is 413. The third-order valence-corrected chi connectivity index (χ3v) is 4.14. The molecule has 5 heteroatoms. The molecule has 0 unspecified atom stereocenters. The van der Waals surface area contributed by atoms with Crippen LogP contribution in [0.5, 0.6) is 0 Å². The molecular weight excluding hydrogens is 220 g/mol. The van der Waals surface area contributed by atoms with Crippen molar-refractivity contribution in [3.63, 3.8) is 0 Å². The molecule has 5 nitrogen and oxygen atoms in total. The van der Waals surface area contributed by atoms with Crippen LogP contribution >= 0.6 is 0 Å². The van der Waals surface area contributed by atoms with Gasteiger partial charge in [-0.25, -0.2) is 0 Å². The first-order valence-electron chi connectivity index (χ1n) is 5.91. The smallest absolute Gasteiger partial charge is 0.233 e. The van der Waals surface area contributed by atoms with Crippen molar-refractivity contribution in [3.05, 3.63) is 12.2 Å². The Labute approximate surface area is 98.6 Å². The van der Waals surface area contributed by atoms with E-state index in [-0.39, 0.29) is 48.5 Å². The van der Waals surface area contributed by atoms with Gasteiger partial charge in [-0.2, -0.15) is 0 Å². The lowest BCUT2D eigenvalue weighted by Gasteiger charge is -2.15. The minimum Gasteiger partial charge on any atom is -0.370 e. The highest BCUT2D eigenvalue weighted by atomic mass is 16.2. The number of rotatable bonds is 3. The summed E-state index contributed by atoms with van der Waals surface area (Å²) in [6.07, 6.45) is 5.08. The second kappa shape index (κ2) is 3.42. The number of carbonyl (C=O) groups is 3. The van der Waals surface area contributed by atoms with Crippen molar-refractivity contribution in [3.8, 4) is 0 Å². The van der Waals surface area contributed by atoms with Crippen molar-refractivity contribution in [2.45, 2.75) is 12.8 Å². The molecule has 0 radical (unpaired) electrons. The van der Waals surface area contributed by atoms with Crippen LogP contribution < -0.4 is 5.73 Å². The van der Waals surface area contributed by atoms with E-state index in [1.165, 1.54) is 4.90 Å². The zero-order chi connectivity index (χ0) is 12.2. The fourth-order valence-corrected chi connectivity index (χ4v) is 3.41. The van der Waals surface area contributed by atoms with E-state index >= 15 is 0 Å². The van der Waals surface area contributed by atoms with E-state index < -0.39 is 5.91 Å².